The van der Waals surface area contributed by atoms with Crippen molar-refractivity contribution in [1.82, 2.24) is 19.9 Å². The van der Waals surface area contributed by atoms with Crippen LogP contribution in [0.2, 0.25) is 0 Å². The van der Waals surface area contributed by atoms with Crippen LogP contribution in [0.4, 0.5) is 0 Å². The average Bonchev–Trinajstić information content (AvgIpc) is 2.91. The predicted octanol–water partition coefficient (Wildman–Crippen LogP) is 1.10. The Labute approximate surface area is 124 Å². The van der Waals surface area contributed by atoms with Gasteiger partial charge in [-0.05, 0) is 18.2 Å². The molecule has 108 valence electrons. The van der Waals surface area contributed by atoms with Gasteiger partial charge in [-0.15, -0.1) is 0 Å². The van der Waals surface area contributed by atoms with Gasteiger partial charge in [-0.3, -0.25) is 5.10 Å². The van der Waals surface area contributed by atoms with Crippen molar-refractivity contribution >= 4 is 26.0 Å². The summed E-state index contributed by atoms with van der Waals surface area (Å²) in [6.45, 7) is 0.215. The van der Waals surface area contributed by atoms with Crippen LogP contribution in [-0.4, -0.2) is 37.3 Å². The minimum Gasteiger partial charge on any atom is -0.495 e. The first-order chi connectivity index (χ1) is 9.53. The molecule has 7 nitrogen and oxygen atoms in total. The minimum absolute atomic E-state index is 0.0898. The smallest absolute Gasteiger partial charge is 0.244 e. The molecule has 0 atom stereocenters. The molecule has 0 spiro atoms. The molecule has 0 saturated carbocycles. The van der Waals surface area contributed by atoms with E-state index in [1.54, 1.807) is 12.1 Å². The maximum absolute atomic E-state index is 12.2. The summed E-state index contributed by atoms with van der Waals surface area (Å²) in [6.07, 6.45) is 1.80. The van der Waals surface area contributed by atoms with Crippen LogP contribution in [-0.2, 0) is 16.4 Å². The molecular weight excluding hydrogens is 348 g/mol. The Morgan fingerprint density at radius 3 is 2.90 bits per heavy atom. The molecular formula is C11H13BrN4O3S. The van der Waals surface area contributed by atoms with Crippen molar-refractivity contribution in [2.45, 2.75) is 11.3 Å². The molecule has 0 aliphatic rings. The number of hydrogen-bond donors (Lipinski definition) is 2. The zero-order valence-electron chi connectivity index (χ0n) is 10.6. The van der Waals surface area contributed by atoms with Crippen LogP contribution in [0.3, 0.4) is 0 Å². The van der Waals surface area contributed by atoms with Gasteiger partial charge in [-0.1, -0.05) is 15.9 Å². The normalized spacial score (nSPS) is 11.5. The highest BCUT2D eigenvalue weighted by Gasteiger charge is 2.19. The van der Waals surface area contributed by atoms with E-state index in [1.165, 1.54) is 19.5 Å². The van der Waals surface area contributed by atoms with E-state index >= 15 is 0 Å². The largest absolute Gasteiger partial charge is 0.495 e. The quantitative estimate of drug-likeness (QED) is 0.803. The number of halogens is 1. The highest BCUT2D eigenvalue weighted by atomic mass is 79.9. The maximum Gasteiger partial charge on any atom is 0.244 e. The Balaban J connectivity index is 2.11. The summed E-state index contributed by atoms with van der Waals surface area (Å²) in [7, 11) is -2.22. The van der Waals surface area contributed by atoms with Gasteiger partial charge < -0.3 is 4.74 Å². The van der Waals surface area contributed by atoms with Crippen LogP contribution in [0.25, 0.3) is 0 Å². The zero-order chi connectivity index (χ0) is 14.6. The van der Waals surface area contributed by atoms with Gasteiger partial charge in [0, 0.05) is 17.4 Å². The van der Waals surface area contributed by atoms with E-state index in [0.717, 1.165) is 0 Å². The SMILES string of the molecule is COc1ccc(Br)cc1S(=O)(=O)NCCc1ncn[nH]1. The Morgan fingerprint density at radius 2 is 2.25 bits per heavy atom. The fourth-order valence-corrected chi connectivity index (χ4v) is 3.33. The van der Waals surface area contributed by atoms with Crippen molar-refractivity contribution in [3.05, 3.63) is 34.8 Å². The number of nitrogens with zero attached hydrogens (tertiary/aromatic N) is 2. The molecule has 0 unspecified atom stereocenters. The lowest BCUT2D eigenvalue weighted by Gasteiger charge is -2.10. The highest BCUT2D eigenvalue weighted by Crippen LogP contribution is 2.26. The number of H-pyrrole nitrogens is 1. The molecule has 9 heteroatoms. The first-order valence-corrected chi connectivity index (χ1v) is 7.98. The Hall–Kier alpha value is -1.45. The molecule has 0 fully saturated rings. The van der Waals surface area contributed by atoms with Crippen LogP contribution < -0.4 is 9.46 Å². The molecule has 0 radical (unpaired) electrons. The third-order valence-corrected chi connectivity index (χ3v) is 4.51. The van der Waals surface area contributed by atoms with Crippen molar-refractivity contribution in [2.75, 3.05) is 13.7 Å². The summed E-state index contributed by atoms with van der Waals surface area (Å²) in [5, 5.41) is 6.36. The standard InChI is InChI=1S/C11H13BrN4O3S/c1-19-9-3-2-8(12)6-10(9)20(17,18)15-5-4-11-13-7-14-16-11/h2-3,6-7,15H,4-5H2,1H3,(H,13,14,16). The average molecular weight is 361 g/mol. The topological polar surface area (TPSA) is 97.0 Å². The fourth-order valence-electron chi connectivity index (χ4n) is 1.59. The van der Waals surface area contributed by atoms with Crippen molar-refractivity contribution < 1.29 is 13.2 Å². The molecule has 1 aromatic carbocycles. The van der Waals surface area contributed by atoms with Gasteiger partial charge in [0.2, 0.25) is 10.0 Å². The van der Waals surface area contributed by atoms with Crippen molar-refractivity contribution in [1.29, 1.82) is 0 Å². The van der Waals surface area contributed by atoms with E-state index < -0.39 is 10.0 Å². The zero-order valence-corrected chi connectivity index (χ0v) is 13.0. The van der Waals surface area contributed by atoms with Gasteiger partial charge in [-0.2, -0.15) is 5.10 Å². The number of sulfonamides is 1. The molecule has 1 aromatic heterocycles. The van der Waals surface area contributed by atoms with Crippen LogP contribution in [0, 0.1) is 0 Å². The lowest BCUT2D eigenvalue weighted by molar-refractivity contribution is 0.402. The molecule has 20 heavy (non-hydrogen) atoms. The molecule has 0 saturated heterocycles. The van der Waals surface area contributed by atoms with Gasteiger partial charge >= 0.3 is 0 Å². The van der Waals surface area contributed by atoms with E-state index in [1.807, 2.05) is 0 Å². The van der Waals surface area contributed by atoms with E-state index in [2.05, 4.69) is 35.8 Å². The number of rotatable bonds is 6. The molecule has 2 rings (SSSR count). The number of benzene rings is 1. The molecule has 0 amide bonds. The number of ether oxygens (including phenoxy) is 1. The summed E-state index contributed by atoms with van der Waals surface area (Å²) in [4.78, 5) is 4.01. The van der Waals surface area contributed by atoms with Crippen molar-refractivity contribution in [2.24, 2.45) is 0 Å². The summed E-state index contributed by atoms with van der Waals surface area (Å²) in [5.41, 5.74) is 0. The van der Waals surface area contributed by atoms with Crippen LogP contribution in [0.1, 0.15) is 5.82 Å². The summed E-state index contributed by atoms with van der Waals surface area (Å²) < 4.78 is 32.7. The monoisotopic (exact) mass is 360 g/mol. The van der Waals surface area contributed by atoms with Crippen molar-refractivity contribution in [3.63, 3.8) is 0 Å². The van der Waals surface area contributed by atoms with Crippen LogP contribution in [0.15, 0.2) is 33.9 Å². The van der Waals surface area contributed by atoms with Gasteiger partial charge in [0.1, 0.15) is 22.8 Å². The van der Waals surface area contributed by atoms with E-state index in [4.69, 9.17) is 4.74 Å². The molecule has 2 N–H and O–H groups in total. The molecule has 2 aromatic rings. The lowest BCUT2D eigenvalue weighted by atomic mass is 10.3. The number of aromatic amines is 1. The number of nitrogens with one attached hydrogen (secondary N) is 2. The van der Waals surface area contributed by atoms with Crippen molar-refractivity contribution in [3.8, 4) is 5.75 Å². The summed E-state index contributed by atoms with van der Waals surface area (Å²) in [5.74, 6) is 0.911. The summed E-state index contributed by atoms with van der Waals surface area (Å²) >= 11 is 3.25. The fraction of sp³-hybridized carbons (Fsp3) is 0.273. The van der Waals surface area contributed by atoms with Crippen LogP contribution in [0.5, 0.6) is 5.75 Å². The molecule has 0 aliphatic heterocycles. The number of aromatic nitrogens is 3. The van der Waals surface area contributed by atoms with Gasteiger partial charge in [-0.25, -0.2) is 18.1 Å². The Morgan fingerprint density at radius 1 is 1.45 bits per heavy atom. The first kappa shape index (κ1) is 14.9. The first-order valence-electron chi connectivity index (χ1n) is 5.70. The van der Waals surface area contributed by atoms with Gasteiger partial charge in [0.05, 0.1) is 7.11 Å². The second kappa shape index (κ2) is 6.33. The van der Waals surface area contributed by atoms with Crippen LogP contribution >= 0.6 is 15.9 Å². The molecule has 1 heterocycles. The maximum atomic E-state index is 12.2. The molecule has 0 bridgehead atoms. The minimum atomic E-state index is -3.65. The van der Waals surface area contributed by atoms with Gasteiger partial charge in [0.25, 0.3) is 0 Å². The second-order valence-corrected chi connectivity index (χ2v) is 6.53. The van der Waals surface area contributed by atoms with E-state index in [0.29, 0.717) is 22.5 Å². The van der Waals surface area contributed by atoms with Gasteiger partial charge in [0.15, 0.2) is 0 Å². The number of methoxy groups -OCH3 is 1. The van der Waals surface area contributed by atoms with E-state index in [9.17, 15) is 8.42 Å². The predicted molar refractivity (Wildman–Crippen MR) is 76.0 cm³/mol. The summed E-state index contributed by atoms with van der Waals surface area (Å²) in [6, 6.07) is 4.80. The van der Waals surface area contributed by atoms with E-state index in [-0.39, 0.29) is 11.4 Å². The molecule has 0 aliphatic carbocycles. The Bertz CT molecular complexity index is 673. The second-order valence-electron chi connectivity index (χ2n) is 3.88. The third-order valence-electron chi connectivity index (χ3n) is 2.53. The third kappa shape index (κ3) is 3.56. The Kier molecular flexibility index (Phi) is 4.73. The lowest BCUT2D eigenvalue weighted by Crippen LogP contribution is -2.26. The number of hydrogen-bond acceptors (Lipinski definition) is 5. The highest BCUT2D eigenvalue weighted by molar-refractivity contribution is 9.10.